The molecule has 3 aromatic rings. The molecule has 1 aliphatic heterocycles. The van der Waals surface area contributed by atoms with Gasteiger partial charge in [-0.25, -0.2) is 0 Å². The average Bonchev–Trinajstić information content (AvgIpc) is 3.18. The molecule has 1 fully saturated rings. The summed E-state index contributed by atoms with van der Waals surface area (Å²) in [5, 5.41) is 7.78. The lowest BCUT2D eigenvalue weighted by Crippen LogP contribution is -2.48. The fourth-order valence-electron chi connectivity index (χ4n) is 3.28. The van der Waals surface area contributed by atoms with Crippen molar-refractivity contribution in [2.75, 3.05) is 31.1 Å². The summed E-state index contributed by atoms with van der Waals surface area (Å²) in [7, 11) is 0. The van der Waals surface area contributed by atoms with Crippen LogP contribution in [0.25, 0.3) is 11.3 Å². The molecule has 0 saturated carbocycles. The van der Waals surface area contributed by atoms with Crippen LogP contribution in [-0.2, 0) is 0 Å². The molecule has 2 aromatic carbocycles. The van der Waals surface area contributed by atoms with E-state index in [0.29, 0.717) is 18.7 Å². The highest BCUT2D eigenvalue weighted by atomic mass is 35.5. The van der Waals surface area contributed by atoms with Gasteiger partial charge in [-0.1, -0.05) is 48.0 Å². The summed E-state index contributed by atoms with van der Waals surface area (Å²) in [6.07, 6.45) is 1.62. The van der Waals surface area contributed by atoms with Gasteiger partial charge in [-0.2, -0.15) is 5.10 Å². The molecule has 0 aliphatic carbocycles. The maximum atomic E-state index is 13.0. The molecule has 0 spiro atoms. The molecule has 1 aromatic heterocycles. The Bertz CT molecular complexity index is 901. The summed E-state index contributed by atoms with van der Waals surface area (Å²) in [6, 6.07) is 17.6. The minimum absolute atomic E-state index is 0.0170. The van der Waals surface area contributed by atoms with Crippen LogP contribution in [0.5, 0.6) is 0 Å². The van der Waals surface area contributed by atoms with Crippen molar-refractivity contribution in [2.24, 2.45) is 0 Å². The molecule has 132 valence electrons. The highest BCUT2D eigenvalue weighted by molar-refractivity contribution is 6.30. The highest BCUT2D eigenvalue weighted by Crippen LogP contribution is 2.24. The number of nitrogens with one attached hydrogen (secondary N) is 1. The quantitative estimate of drug-likeness (QED) is 0.769. The first kappa shape index (κ1) is 16.7. The normalized spacial score (nSPS) is 14.5. The lowest BCUT2D eigenvalue weighted by Gasteiger charge is -2.36. The summed E-state index contributed by atoms with van der Waals surface area (Å²) in [6.45, 7) is 2.91. The second kappa shape index (κ2) is 7.22. The van der Waals surface area contributed by atoms with Crippen molar-refractivity contribution >= 4 is 23.2 Å². The molecule has 5 nitrogen and oxygen atoms in total. The van der Waals surface area contributed by atoms with E-state index in [0.717, 1.165) is 35.1 Å². The van der Waals surface area contributed by atoms with Crippen LogP contribution in [0.3, 0.4) is 0 Å². The van der Waals surface area contributed by atoms with E-state index in [1.807, 2.05) is 59.5 Å². The number of benzene rings is 2. The predicted molar refractivity (Wildman–Crippen MR) is 104 cm³/mol. The van der Waals surface area contributed by atoms with E-state index in [9.17, 15) is 4.79 Å². The lowest BCUT2D eigenvalue weighted by molar-refractivity contribution is 0.0747. The van der Waals surface area contributed by atoms with Gasteiger partial charge in [-0.15, -0.1) is 0 Å². The van der Waals surface area contributed by atoms with Crippen molar-refractivity contribution in [1.29, 1.82) is 0 Å². The third-order valence-corrected chi connectivity index (χ3v) is 4.91. The van der Waals surface area contributed by atoms with Gasteiger partial charge in [0.15, 0.2) is 0 Å². The number of hydrogen-bond donors (Lipinski definition) is 1. The van der Waals surface area contributed by atoms with Gasteiger partial charge in [0.05, 0.1) is 17.5 Å². The van der Waals surface area contributed by atoms with E-state index in [-0.39, 0.29) is 5.91 Å². The average molecular weight is 367 g/mol. The van der Waals surface area contributed by atoms with Gasteiger partial charge in [0.1, 0.15) is 0 Å². The number of anilines is 1. The van der Waals surface area contributed by atoms with Gasteiger partial charge in [-0.3, -0.25) is 9.89 Å². The van der Waals surface area contributed by atoms with Crippen molar-refractivity contribution in [3.63, 3.8) is 0 Å². The fourth-order valence-corrected chi connectivity index (χ4v) is 3.47. The second-order valence-corrected chi connectivity index (χ2v) is 6.72. The molecule has 0 radical (unpaired) electrons. The number of piperazine rings is 1. The molecule has 0 bridgehead atoms. The number of rotatable bonds is 3. The van der Waals surface area contributed by atoms with Crippen LogP contribution < -0.4 is 4.90 Å². The Hall–Kier alpha value is -2.79. The van der Waals surface area contributed by atoms with Crippen molar-refractivity contribution in [2.45, 2.75) is 0 Å². The Morgan fingerprint density at radius 2 is 1.77 bits per heavy atom. The Morgan fingerprint density at radius 1 is 1.00 bits per heavy atom. The molecule has 6 heteroatoms. The Balaban J connectivity index is 1.47. The molecule has 0 atom stereocenters. The minimum Gasteiger partial charge on any atom is -0.368 e. The molecule has 1 amide bonds. The van der Waals surface area contributed by atoms with Crippen molar-refractivity contribution < 1.29 is 4.79 Å². The van der Waals surface area contributed by atoms with Crippen molar-refractivity contribution in [1.82, 2.24) is 15.1 Å². The summed E-state index contributed by atoms with van der Waals surface area (Å²) in [5.74, 6) is 0.0170. The van der Waals surface area contributed by atoms with Gasteiger partial charge in [-0.05, 0) is 18.2 Å². The van der Waals surface area contributed by atoms with Crippen LogP contribution >= 0.6 is 11.6 Å². The molecule has 2 heterocycles. The zero-order valence-corrected chi connectivity index (χ0v) is 15.0. The zero-order chi connectivity index (χ0) is 17.9. The van der Waals surface area contributed by atoms with E-state index in [1.54, 1.807) is 6.20 Å². The van der Waals surface area contributed by atoms with Crippen molar-refractivity contribution in [3.05, 3.63) is 71.4 Å². The zero-order valence-electron chi connectivity index (χ0n) is 14.2. The predicted octanol–water partition coefficient (Wildman–Crippen LogP) is 3.69. The van der Waals surface area contributed by atoms with E-state index >= 15 is 0 Å². The number of carbonyl (C=O) groups excluding carboxylic acids is 1. The smallest absolute Gasteiger partial charge is 0.257 e. The number of halogens is 1. The van der Waals surface area contributed by atoms with Gasteiger partial charge in [0.2, 0.25) is 0 Å². The third kappa shape index (κ3) is 3.30. The molecule has 1 saturated heterocycles. The van der Waals surface area contributed by atoms with Gasteiger partial charge >= 0.3 is 0 Å². The molecular weight excluding hydrogens is 348 g/mol. The maximum absolute atomic E-state index is 13.0. The number of hydrogen-bond acceptors (Lipinski definition) is 3. The molecule has 1 N–H and O–H groups in total. The summed E-state index contributed by atoms with van der Waals surface area (Å²) >= 11 is 6.08. The summed E-state index contributed by atoms with van der Waals surface area (Å²) in [4.78, 5) is 17.1. The number of amides is 1. The monoisotopic (exact) mass is 366 g/mol. The first-order chi connectivity index (χ1) is 12.7. The van der Waals surface area contributed by atoms with E-state index in [2.05, 4.69) is 15.1 Å². The number of H-pyrrole nitrogens is 1. The minimum atomic E-state index is 0.0170. The number of nitrogens with zero attached hydrogens (tertiary/aromatic N) is 3. The summed E-state index contributed by atoms with van der Waals surface area (Å²) < 4.78 is 0. The van der Waals surface area contributed by atoms with Crippen LogP contribution in [-0.4, -0.2) is 47.2 Å². The van der Waals surface area contributed by atoms with E-state index in [1.165, 1.54) is 0 Å². The number of aromatic nitrogens is 2. The maximum Gasteiger partial charge on any atom is 0.257 e. The van der Waals surface area contributed by atoms with Crippen LogP contribution in [0.15, 0.2) is 60.8 Å². The highest BCUT2D eigenvalue weighted by Gasteiger charge is 2.25. The van der Waals surface area contributed by atoms with Crippen LogP contribution in [0.4, 0.5) is 5.69 Å². The fraction of sp³-hybridized carbons (Fsp3) is 0.200. The van der Waals surface area contributed by atoms with Gasteiger partial charge < -0.3 is 9.80 Å². The Labute approximate surface area is 157 Å². The third-order valence-electron chi connectivity index (χ3n) is 4.67. The van der Waals surface area contributed by atoms with E-state index in [4.69, 9.17) is 11.6 Å². The summed E-state index contributed by atoms with van der Waals surface area (Å²) in [5.41, 5.74) is 3.45. The van der Waals surface area contributed by atoms with E-state index < -0.39 is 0 Å². The SMILES string of the molecule is O=C(c1cn[nH]c1-c1ccccc1)N1CCN(c2cccc(Cl)c2)CC1. The van der Waals surface area contributed by atoms with Crippen LogP contribution in [0.1, 0.15) is 10.4 Å². The van der Waals surface area contributed by atoms with Crippen molar-refractivity contribution in [3.8, 4) is 11.3 Å². The molecule has 0 unspecified atom stereocenters. The number of aromatic amines is 1. The molecule has 1 aliphatic rings. The molecule has 26 heavy (non-hydrogen) atoms. The van der Waals surface area contributed by atoms with Gasteiger partial charge in [0, 0.05) is 42.5 Å². The number of carbonyl (C=O) groups is 1. The van der Waals surface area contributed by atoms with Crippen LogP contribution in [0.2, 0.25) is 5.02 Å². The standard InChI is InChI=1S/C20H19ClN4O/c21-16-7-4-8-17(13-16)24-9-11-25(12-10-24)20(26)18-14-22-23-19(18)15-5-2-1-3-6-15/h1-8,13-14H,9-12H2,(H,22,23). The lowest BCUT2D eigenvalue weighted by atomic mass is 10.1. The second-order valence-electron chi connectivity index (χ2n) is 6.28. The topological polar surface area (TPSA) is 52.2 Å². The molecular formula is C20H19ClN4O. The first-order valence-corrected chi connectivity index (χ1v) is 8.99. The van der Waals surface area contributed by atoms with Crippen LogP contribution in [0, 0.1) is 0 Å². The Kier molecular flexibility index (Phi) is 4.63. The largest absolute Gasteiger partial charge is 0.368 e. The first-order valence-electron chi connectivity index (χ1n) is 8.61. The van der Waals surface area contributed by atoms with Gasteiger partial charge in [0.25, 0.3) is 5.91 Å². The Morgan fingerprint density at radius 3 is 2.50 bits per heavy atom. The molecule has 4 rings (SSSR count).